The van der Waals surface area contributed by atoms with Crippen LogP contribution in [0.15, 0.2) is 0 Å². The maximum Gasteiger partial charge on any atom is 0.224 e. The van der Waals surface area contributed by atoms with E-state index >= 15 is 0 Å². The van der Waals surface area contributed by atoms with E-state index in [4.69, 9.17) is 0 Å². The van der Waals surface area contributed by atoms with Gasteiger partial charge in [-0.1, -0.05) is 47.5 Å². The summed E-state index contributed by atoms with van der Waals surface area (Å²) in [5.41, 5.74) is 0. The first-order valence-electron chi connectivity index (χ1n) is 7.74. The summed E-state index contributed by atoms with van der Waals surface area (Å²) < 4.78 is 0. The Bertz CT molecular complexity index is 183. The van der Waals surface area contributed by atoms with Crippen LogP contribution >= 0.6 is 0 Å². The lowest BCUT2D eigenvalue weighted by Crippen LogP contribution is -2.40. The van der Waals surface area contributed by atoms with E-state index in [0.29, 0.717) is 6.04 Å². The van der Waals surface area contributed by atoms with Crippen molar-refractivity contribution >= 4 is 5.91 Å². The van der Waals surface area contributed by atoms with Gasteiger partial charge in [0, 0.05) is 12.6 Å². The van der Waals surface area contributed by atoms with E-state index in [1.54, 1.807) is 0 Å². The summed E-state index contributed by atoms with van der Waals surface area (Å²) in [7, 11) is 1.95. The van der Waals surface area contributed by atoms with Gasteiger partial charge < -0.3 is 10.6 Å². The zero-order chi connectivity index (χ0) is 14.4. The third-order valence-electron chi connectivity index (χ3n) is 3.05. The van der Waals surface area contributed by atoms with Crippen LogP contribution < -0.4 is 10.6 Å². The second kappa shape index (κ2) is 14.5. The summed E-state index contributed by atoms with van der Waals surface area (Å²) in [6.07, 6.45) is 5.59. The Morgan fingerprint density at radius 1 is 1.17 bits per heavy atom. The molecule has 2 atom stereocenters. The first-order chi connectivity index (χ1) is 8.79. The van der Waals surface area contributed by atoms with Crippen LogP contribution in [0.4, 0.5) is 0 Å². The van der Waals surface area contributed by atoms with Crippen LogP contribution in [0.5, 0.6) is 0 Å². The Balaban J connectivity index is 0. The highest BCUT2D eigenvalue weighted by Gasteiger charge is 2.31. The van der Waals surface area contributed by atoms with Crippen molar-refractivity contribution in [2.75, 3.05) is 13.6 Å². The second-order valence-electron chi connectivity index (χ2n) is 4.08. The van der Waals surface area contributed by atoms with Crippen molar-refractivity contribution in [3.05, 3.63) is 0 Å². The molecule has 1 saturated carbocycles. The normalized spacial score (nSPS) is 21.2. The van der Waals surface area contributed by atoms with Crippen LogP contribution in [-0.2, 0) is 4.79 Å². The van der Waals surface area contributed by atoms with E-state index in [9.17, 15) is 4.79 Å². The minimum Gasteiger partial charge on any atom is -0.356 e. The number of nitrogens with one attached hydrogen (secondary N) is 2. The molecular weight excluding hydrogens is 224 g/mol. The van der Waals surface area contributed by atoms with Gasteiger partial charge >= 0.3 is 0 Å². The van der Waals surface area contributed by atoms with Crippen molar-refractivity contribution in [1.82, 2.24) is 10.6 Å². The van der Waals surface area contributed by atoms with E-state index in [1.807, 2.05) is 34.7 Å². The van der Waals surface area contributed by atoms with E-state index in [-0.39, 0.29) is 11.8 Å². The molecule has 1 fully saturated rings. The van der Waals surface area contributed by atoms with Crippen LogP contribution in [-0.4, -0.2) is 25.5 Å². The molecule has 110 valence electrons. The number of unbranched alkanes of at least 4 members (excludes halogenated alkanes) is 1. The number of rotatable bonds is 5. The first-order valence-corrected chi connectivity index (χ1v) is 7.74. The Morgan fingerprint density at radius 3 is 2.28 bits per heavy atom. The van der Waals surface area contributed by atoms with Crippen molar-refractivity contribution in [1.29, 1.82) is 0 Å². The number of carbonyl (C=O) groups is 1. The van der Waals surface area contributed by atoms with Crippen molar-refractivity contribution < 1.29 is 4.79 Å². The molecule has 0 aromatic rings. The van der Waals surface area contributed by atoms with Gasteiger partial charge in [-0.15, -0.1) is 0 Å². The molecule has 0 saturated heterocycles. The average molecular weight is 258 g/mol. The standard InChI is InChI=1S/C11H22N2O.2C2H6/c1-3-4-8-13-11(14)9-6-5-7-10(9)12-2;2*1-2/h9-10,12H,3-8H2,1-2H3,(H,13,14);2*1-2H3/t9-,10+;;/m0../s1. The fourth-order valence-corrected chi connectivity index (χ4v) is 2.14. The topological polar surface area (TPSA) is 41.1 Å². The van der Waals surface area contributed by atoms with Gasteiger partial charge in [0.05, 0.1) is 5.92 Å². The van der Waals surface area contributed by atoms with Crippen LogP contribution in [0.3, 0.4) is 0 Å². The van der Waals surface area contributed by atoms with Crippen molar-refractivity contribution in [2.24, 2.45) is 5.92 Å². The van der Waals surface area contributed by atoms with Gasteiger partial charge in [-0.25, -0.2) is 0 Å². The Labute approximate surface area is 114 Å². The first kappa shape index (κ1) is 19.8. The molecule has 0 aromatic heterocycles. The molecule has 0 aliphatic heterocycles. The molecule has 1 aliphatic rings. The Hall–Kier alpha value is -0.570. The molecule has 0 heterocycles. The molecule has 0 unspecified atom stereocenters. The van der Waals surface area contributed by atoms with Crippen molar-refractivity contribution in [3.63, 3.8) is 0 Å². The minimum absolute atomic E-state index is 0.205. The van der Waals surface area contributed by atoms with Crippen LogP contribution in [0.1, 0.15) is 66.7 Å². The summed E-state index contributed by atoms with van der Waals surface area (Å²) in [5, 5.41) is 6.24. The molecule has 0 spiro atoms. The molecule has 1 amide bonds. The Kier molecular flexibility index (Phi) is 15.9. The van der Waals surface area contributed by atoms with E-state index < -0.39 is 0 Å². The molecule has 2 N–H and O–H groups in total. The van der Waals surface area contributed by atoms with Crippen LogP contribution in [0.25, 0.3) is 0 Å². The number of hydrogen-bond donors (Lipinski definition) is 2. The van der Waals surface area contributed by atoms with E-state index in [2.05, 4.69) is 17.6 Å². The summed E-state index contributed by atoms with van der Waals surface area (Å²) in [6.45, 7) is 11.0. The van der Waals surface area contributed by atoms with Crippen LogP contribution in [0, 0.1) is 5.92 Å². The lowest BCUT2D eigenvalue weighted by atomic mass is 10.0. The number of amides is 1. The molecule has 1 rings (SSSR count). The summed E-state index contributed by atoms with van der Waals surface area (Å²) in [5.74, 6) is 0.451. The predicted molar refractivity (Wildman–Crippen MR) is 80.8 cm³/mol. The van der Waals surface area contributed by atoms with Gasteiger partial charge in [-0.05, 0) is 26.3 Å². The minimum atomic E-state index is 0.205. The maximum atomic E-state index is 11.7. The summed E-state index contributed by atoms with van der Waals surface area (Å²) >= 11 is 0. The third kappa shape index (κ3) is 7.70. The lowest BCUT2D eigenvalue weighted by Gasteiger charge is -2.18. The van der Waals surface area contributed by atoms with Crippen molar-refractivity contribution in [2.45, 2.75) is 72.8 Å². The van der Waals surface area contributed by atoms with Gasteiger partial charge in [0.1, 0.15) is 0 Å². The number of hydrogen-bond acceptors (Lipinski definition) is 2. The van der Waals surface area contributed by atoms with Gasteiger partial charge in [-0.2, -0.15) is 0 Å². The zero-order valence-corrected chi connectivity index (χ0v) is 13.3. The molecule has 1 aliphatic carbocycles. The monoisotopic (exact) mass is 258 g/mol. The third-order valence-corrected chi connectivity index (χ3v) is 3.05. The van der Waals surface area contributed by atoms with Gasteiger partial charge in [0.25, 0.3) is 0 Å². The van der Waals surface area contributed by atoms with Gasteiger partial charge in [0.15, 0.2) is 0 Å². The van der Waals surface area contributed by atoms with E-state index in [0.717, 1.165) is 32.2 Å². The molecular formula is C15H34N2O. The zero-order valence-electron chi connectivity index (χ0n) is 13.3. The highest BCUT2D eigenvalue weighted by atomic mass is 16.1. The summed E-state index contributed by atoms with van der Waals surface area (Å²) in [4.78, 5) is 11.7. The van der Waals surface area contributed by atoms with Crippen molar-refractivity contribution in [3.8, 4) is 0 Å². The molecule has 3 nitrogen and oxygen atoms in total. The Morgan fingerprint density at radius 2 is 1.78 bits per heavy atom. The van der Waals surface area contributed by atoms with Gasteiger partial charge in [-0.3, -0.25) is 4.79 Å². The van der Waals surface area contributed by atoms with Crippen LogP contribution in [0.2, 0.25) is 0 Å². The SMILES string of the molecule is CC.CC.CCCCNC(=O)[C@H]1CCC[C@H]1NC. The smallest absolute Gasteiger partial charge is 0.224 e. The summed E-state index contributed by atoms with van der Waals surface area (Å²) in [6, 6.07) is 0.400. The average Bonchev–Trinajstić information content (AvgIpc) is 2.92. The highest BCUT2D eigenvalue weighted by molar-refractivity contribution is 5.79. The molecule has 3 heteroatoms. The fraction of sp³-hybridized carbons (Fsp3) is 0.933. The lowest BCUT2D eigenvalue weighted by molar-refractivity contribution is -0.125. The van der Waals surface area contributed by atoms with Gasteiger partial charge in [0.2, 0.25) is 5.91 Å². The second-order valence-corrected chi connectivity index (χ2v) is 4.08. The predicted octanol–water partition coefficient (Wildman–Crippen LogP) is 3.34. The molecule has 0 aromatic carbocycles. The largest absolute Gasteiger partial charge is 0.356 e. The number of carbonyl (C=O) groups excluding carboxylic acids is 1. The highest BCUT2D eigenvalue weighted by Crippen LogP contribution is 2.25. The molecule has 18 heavy (non-hydrogen) atoms. The fourth-order valence-electron chi connectivity index (χ4n) is 2.14. The molecule has 0 bridgehead atoms. The molecule has 0 radical (unpaired) electrons. The van der Waals surface area contributed by atoms with E-state index in [1.165, 1.54) is 6.42 Å². The maximum absolute atomic E-state index is 11.7. The quantitative estimate of drug-likeness (QED) is 0.743.